The van der Waals surface area contributed by atoms with Gasteiger partial charge in [-0.1, -0.05) is 47.7 Å². The van der Waals surface area contributed by atoms with E-state index in [2.05, 4.69) is 10.3 Å². The van der Waals surface area contributed by atoms with Gasteiger partial charge < -0.3 is 5.32 Å². The van der Waals surface area contributed by atoms with Crippen LogP contribution in [-0.4, -0.2) is 25.7 Å². The molecule has 2 aromatic carbocycles. The second-order valence-corrected chi connectivity index (χ2v) is 9.58. The van der Waals surface area contributed by atoms with E-state index in [1.165, 1.54) is 16.3 Å². The average molecular weight is 459 g/mol. The number of aromatic nitrogens is 3. The molecule has 0 spiro atoms. The Morgan fingerprint density at radius 1 is 1.00 bits per heavy atom. The van der Waals surface area contributed by atoms with Crippen LogP contribution in [0.3, 0.4) is 0 Å². The van der Waals surface area contributed by atoms with Crippen LogP contribution in [0.25, 0.3) is 16.7 Å². The van der Waals surface area contributed by atoms with Crippen LogP contribution in [0.1, 0.15) is 29.2 Å². The number of benzene rings is 2. The molecular weight excluding hydrogens is 432 g/mol. The summed E-state index contributed by atoms with van der Waals surface area (Å²) in [5, 5.41) is 3.50. The number of thioether (sulfide) groups is 1. The summed E-state index contributed by atoms with van der Waals surface area (Å²) in [6.45, 7) is 9.76. The van der Waals surface area contributed by atoms with Gasteiger partial charge >= 0.3 is 0 Å². The predicted octanol–water partition coefficient (Wildman–Crippen LogP) is 5.13. The number of hydrogen-bond acceptors (Lipinski definition) is 5. The Balaban J connectivity index is 1.72. The lowest BCUT2D eigenvalue weighted by molar-refractivity contribution is -0.115. The summed E-state index contributed by atoms with van der Waals surface area (Å²) in [6, 6.07) is 15.0. The molecule has 0 aliphatic carbocycles. The second kappa shape index (κ2) is 9.19. The van der Waals surface area contributed by atoms with Crippen LogP contribution < -0.4 is 10.9 Å². The minimum absolute atomic E-state index is 0.152. The number of nitrogens with one attached hydrogen (secondary N) is 1. The Morgan fingerprint density at radius 3 is 2.36 bits per heavy atom. The van der Waals surface area contributed by atoms with Gasteiger partial charge in [0.05, 0.1) is 16.2 Å². The lowest BCUT2D eigenvalue weighted by atomic mass is 10.1. The van der Waals surface area contributed by atoms with Gasteiger partial charge in [-0.15, -0.1) is 0 Å². The molecule has 0 aliphatic heterocycles. The summed E-state index contributed by atoms with van der Waals surface area (Å²) in [7, 11) is 0. The number of hydrogen-bond donors (Lipinski definition) is 1. The van der Waals surface area contributed by atoms with E-state index in [0.29, 0.717) is 21.9 Å². The third kappa shape index (κ3) is 4.68. The highest BCUT2D eigenvalue weighted by molar-refractivity contribution is 8.00. The number of anilines is 1. The van der Waals surface area contributed by atoms with Crippen LogP contribution in [0.2, 0.25) is 0 Å². The van der Waals surface area contributed by atoms with Crippen molar-refractivity contribution < 1.29 is 4.79 Å². The second-order valence-electron chi connectivity index (χ2n) is 8.27. The van der Waals surface area contributed by atoms with E-state index < -0.39 is 5.25 Å². The maximum Gasteiger partial charge on any atom is 0.267 e. The van der Waals surface area contributed by atoms with Crippen molar-refractivity contribution >= 4 is 34.3 Å². The molecule has 168 valence electrons. The Labute approximate surface area is 197 Å². The first-order valence-corrected chi connectivity index (χ1v) is 11.6. The normalized spacial score (nSPS) is 12.0. The van der Waals surface area contributed by atoms with Crippen LogP contribution in [0.15, 0.2) is 64.7 Å². The van der Waals surface area contributed by atoms with Gasteiger partial charge in [0.1, 0.15) is 5.82 Å². The van der Waals surface area contributed by atoms with Crippen molar-refractivity contribution in [1.29, 1.82) is 0 Å². The van der Waals surface area contributed by atoms with E-state index in [0.717, 1.165) is 27.9 Å². The lowest BCUT2D eigenvalue weighted by Crippen LogP contribution is -2.27. The average Bonchev–Trinajstić information content (AvgIpc) is 2.77. The molecule has 1 atom stereocenters. The van der Waals surface area contributed by atoms with Gasteiger partial charge in [-0.3, -0.25) is 9.59 Å². The minimum atomic E-state index is -0.491. The molecule has 2 heterocycles. The van der Waals surface area contributed by atoms with Gasteiger partial charge in [-0.2, -0.15) is 0 Å². The summed E-state index contributed by atoms with van der Waals surface area (Å²) >= 11 is 1.24. The first-order valence-electron chi connectivity index (χ1n) is 10.7. The lowest BCUT2D eigenvalue weighted by Gasteiger charge is -2.18. The third-order valence-electron chi connectivity index (χ3n) is 5.45. The van der Waals surface area contributed by atoms with E-state index in [-0.39, 0.29) is 11.5 Å². The topological polar surface area (TPSA) is 76.9 Å². The number of nitrogens with zero attached hydrogens (tertiary/aromatic N) is 3. The molecule has 0 aliphatic rings. The Hall–Kier alpha value is -3.45. The first-order chi connectivity index (χ1) is 15.7. The van der Waals surface area contributed by atoms with Crippen molar-refractivity contribution in [2.75, 3.05) is 5.32 Å². The standard InChI is InChI=1S/C26H26N4O2S/c1-15-10-11-22(27-14-15)30-25(32)20-8-6-7-9-21(20)28-26(30)33-19(5)24(31)29-23-17(3)12-16(2)13-18(23)4/h6-14,19H,1-5H3,(H,29,31). The zero-order valence-electron chi connectivity index (χ0n) is 19.3. The number of para-hydroxylation sites is 1. The molecule has 0 bridgehead atoms. The molecule has 2 aromatic heterocycles. The van der Waals surface area contributed by atoms with Crippen molar-refractivity contribution in [3.05, 3.63) is 87.3 Å². The highest BCUT2D eigenvalue weighted by Gasteiger charge is 2.21. The molecule has 33 heavy (non-hydrogen) atoms. The Morgan fingerprint density at radius 2 is 1.70 bits per heavy atom. The Kier molecular flexibility index (Phi) is 6.33. The van der Waals surface area contributed by atoms with Gasteiger partial charge in [0, 0.05) is 11.9 Å². The van der Waals surface area contributed by atoms with Gasteiger partial charge in [-0.05, 0) is 69.5 Å². The molecule has 4 aromatic rings. The predicted molar refractivity (Wildman–Crippen MR) is 134 cm³/mol. The van der Waals surface area contributed by atoms with E-state index in [4.69, 9.17) is 4.98 Å². The van der Waals surface area contributed by atoms with Gasteiger partial charge in [0.2, 0.25) is 5.91 Å². The maximum atomic E-state index is 13.4. The fourth-order valence-corrected chi connectivity index (χ4v) is 4.71. The van der Waals surface area contributed by atoms with E-state index in [9.17, 15) is 9.59 Å². The fraction of sp³-hybridized carbons (Fsp3) is 0.231. The smallest absolute Gasteiger partial charge is 0.267 e. The summed E-state index contributed by atoms with van der Waals surface area (Å²) in [4.78, 5) is 35.6. The molecule has 7 heteroatoms. The van der Waals surface area contributed by atoms with Crippen molar-refractivity contribution in [2.45, 2.75) is 45.0 Å². The SMILES string of the molecule is Cc1ccc(-n2c(SC(C)C(=O)Nc3c(C)cc(C)cc3C)nc3ccccc3c2=O)nc1. The molecule has 1 unspecified atom stereocenters. The number of rotatable bonds is 5. The molecule has 0 fully saturated rings. The van der Waals surface area contributed by atoms with Gasteiger partial charge in [-0.25, -0.2) is 14.5 Å². The zero-order valence-corrected chi connectivity index (χ0v) is 20.2. The van der Waals surface area contributed by atoms with Crippen molar-refractivity contribution in [1.82, 2.24) is 14.5 Å². The molecule has 0 saturated heterocycles. The van der Waals surface area contributed by atoms with E-state index >= 15 is 0 Å². The minimum Gasteiger partial charge on any atom is -0.325 e. The number of carbonyl (C=O) groups is 1. The molecular formula is C26H26N4O2S. The number of pyridine rings is 1. The maximum absolute atomic E-state index is 13.4. The van der Waals surface area contributed by atoms with Crippen LogP contribution in [0.5, 0.6) is 0 Å². The molecule has 0 saturated carbocycles. The van der Waals surface area contributed by atoms with Gasteiger partial charge in [0.25, 0.3) is 5.56 Å². The molecule has 6 nitrogen and oxygen atoms in total. The Bertz CT molecular complexity index is 1390. The summed E-state index contributed by atoms with van der Waals surface area (Å²) in [5.41, 5.74) is 5.38. The molecule has 1 amide bonds. The van der Waals surface area contributed by atoms with Crippen molar-refractivity contribution in [3.63, 3.8) is 0 Å². The first kappa shape index (κ1) is 22.7. The van der Waals surface area contributed by atoms with E-state index in [1.54, 1.807) is 24.4 Å². The number of amides is 1. The summed E-state index contributed by atoms with van der Waals surface area (Å²) in [6.07, 6.45) is 1.71. The summed E-state index contributed by atoms with van der Waals surface area (Å²) in [5.74, 6) is 0.324. The fourth-order valence-electron chi connectivity index (χ4n) is 3.80. The number of fused-ring (bicyclic) bond motifs is 1. The van der Waals surface area contributed by atoms with Crippen LogP contribution >= 0.6 is 11.8 Å². The van der Waals surface area contributed by atoms with Crippen LogP contribution in [-0.2, 0) is 4.79 Å². The van der Waals surface area contributed by atoms with E-state index in [1.807, 2.05) is 65.0 Å². The largest absolute Gasteiger partial charge is 0.325 e. The number of carbonyl (C=O) groups excluding carboxylic acids is 1. The summed E-state index contributed by atoms with van der Waals surface area (Å²) < 4.78 is 1.48. The molecule has 4 rings (SSSR count). The monoisotopic (exact) mass is 458 g/mol. The van der Waals surface area contributed by atoms with Gasteiger partial charge in [0.15, 0.2) is 5.16 Å². The highest BCUT2D eigenvalue weighted by atomic mass is 32.2. The highest BCUT2D eigenvalue weighted by Crippen LogP contribution is 2.27. The van der Waals surface area contributed by atoms with Crippen molar-refractivity contribution in [2.24, 2.45) is 0 Å². The molecule has 0 radical (unpaired) electrons. The third-order valence-corrected chi connectivity index (χ3v) is 6.50. The zero-order chi connectivity index (χ0) is 23.7. The van der Waals surface area contributed by atoms with Crippen LogP contribution in [0, 0.1) is 27.7 Å². The number of aryl methyl sites for hydroxylation is 4. The molecule has 1 N–H and O–H groups in total. The van der Waals surface area contributed by atoms with Crippen LogP contribution in [0.4, 0.5) is 5.69 Å². The quantitative estimate of drug-likeness (QED) is 0.331. The van der Waals surface area contributed by atoms with Crippen molar-refractivity contribution in [3.8, 4) is 5.82 Å².